The quantitative estimate of drug-likeness (QED) is 0.242. The lowest BCUT2D eigenvalue weighted by Gasteiger charge is -2.32. The Bertz CT molecular complexity index is 1850. The number of thiophene rings is 1. The summed E-state index contributed by atoms with van der Waals surface area (Å²) >= 11 is 3.19. The number of imidazole rings is 1. The number of benzene rings is 2. The van der Waals surface area contributed by atoms with Crippen LogP contribution in [0.4, 0.5) is 11.8 Å². The molecule has 0 aliphatic carbocycles. The Morgan fingerprint density at radius 2 is 1.77 bits per heavy atom. The van der Waals surface area contributed by atoms with Crippen molar-refractivity contribution in [2.75, 3.05) is 23.3 Å². The lowest BCUT2D eigenvalue weighted by Crippen LogP contribution is -2.33. The Morgan fingerprint density at radius 3 is 2.62 bits per heavy atom. The van der Waals surface area contributed by atoms with Crippen molar-refractivity contribution in [2.24, 2.45) is 0 Å². The summed E-state index contributed by atoms with van der Waals surface area (Å²) < 4.78 is 1.12. The second kappa shape index (κ2) is 10.2. The van der Waals surface area contributed by atoms with Gasteiger partial charge in [0.15, 0.2) is 5.78 Å². The minimum atomic E-state index is -0.319. The third kappa shape index (κ3) is 4.63. The number of aromatic amines is 1. The van der Waals surface area contributed by atoms with Crippen molar-refractivity contribution in [1.29, 1.82) is 0 Å². The van der Waals surface area contributed by atoms with E-state index in [0.717, 1.165) is 47.0 Å². The van der Waals surface area contributed by atoms with Crippen molar-refractivity contribution >= 4 is 67.4 Å². The molecule has 7 rings (SSSR count). The summed E-state index contributed by atoms with van der Waals surface area (Å²) in [5, 5.41) is 7.64. The number of hydrogen-bond acceptors (Lipinski definition) is 9. The van der Waals surface area contributed by atoms with Gasteiger partial charge in [0.2, 0.25) is 5.95 Å². The molecule has 2 N–H and O–H groups in total. The van der Waals surface area contributed by atoms with E-state index in [0.29, 0.717) is 39.7 Å². The number of piperidine rings is 1. The maximum Gasteiger partial charge on any atom is 0.277 e. The molecule has 1 aliphatic heterocycles. The first-order chi connectivity index (χ1) is 19.6. The lowest BCUT2D eigenvalue weighted by molar-refractivity contribution is 0.101. The van der Waals surface area contributed by atoms with E-state index in [4.69, 9.17) is 0 Å². The number of carbonyl (C=O) groups is 2. The van der Waals surface area contributed by atoms with Crippen molar-refractivity contribution in [3.05, 3.63) is 93.5 Å². The normalized spacial score (nSPS) is 14.2. The highest BCUT2D eigenvalue weighted by molar-refractivity contribution is 7.17. The van der Waals surface area contributed by atoms with E-state index in [1.54, 1.807) is 53.4 Å². The van der Waals surface area contributed by atoms with Crippen LogP contribution in [0.1, 0.15) is 50.2 Å². The van der Waals surface area contributed by atoms with Gasteiger partial charge in [0.25, 0.3) is 5.91 Å². The van der Waals surface area contributed by atoms with Gasteiger partial charge in [0.05, 0.1) is 26.3 Å². The molecule has 0 unspecified atom stereocenters. The fraction of sp³-hybridized carbons (Fsp3) is 0.172. The molecule has 0 saturated carbocycles. The van der Waals surface area contributed by atoms with Crippen LogP contribution in [0, 0.1) is 0 Å². The first kappa shape index (κ1) is 24.6. The number of anilines is 2. The number of nitrogens with zero attached hydrogens (tertiary/aromatic N) is 5. The van der Waals surface area contributed by atoms with Gasteiger partial charge in [-0.1, -0.05) is 30.3 Å². The Labute approximate surface area is 237 Å². The van der Waals surface area contributed by atoms with E-state index >= 15 is 0 Å². The zero-order valence-corrected chi connectivity index (χ0v) is 22.8. The van der Waals surface area contributed by atoms with Crippen molar-refractivity contribution in [3.8, 4) is 0 Å². The number of aromatic nitrogens is 5. The predicted octanol–water partition coefficient (Wildman–Crippen LogP) is 5.89. The van der Waals surface area contributed by atoms with Crippen LogP contribution in [-0.4, -0.2) is 49.7 Å². The molecule has 1 aliphatic rings. The molecule has 40 heavy (non-hydrogen) atoms. The van der Waals surface area contributed by atoms with Crippen molar-refractivity contribution in [2.45, 2.75) is 18.8 Å². The fourth-order valence-corrected chi connectivity index (χ4v) is 6.89. The first-order valence-electron chi connectivity index (χ1n) is 12.9. The van der Waals surface area contributed by atoms with E-state index in [1.807, 2.05) is 29.6 Å². The fourth-order valence-electron chi connectivity index (χ4n) is 5.06. The van der Waals surface area contributed by atoms with E-state index < -0.39 is 0 Å². The standard InChI is InChI=1S/C29H23N7O2S2/c37-24(17-4-2-1-3-5-17)19-6-7-20-22(14-19)34-29(33-20)35-27(38)23-15-40-28(32-23)18-8-11-36(12-9-18)26-25-21(10-13-39-25)30-16-31-26/h1-7,10,13-16,18H,8-9,11-12H2,(H2,33,34,35,38). The van der Waals surface area contributed by atoms with Crippen molar-refractivity contribution in [3.63, 3.8) is 0 Å². The number of nitrogens with one attached hydrogen (secondary N) is 2. The summed E-state index contributed by atoms with van der Waals surface area (Å²) in [5.41, 5.74) is 3.86. The van der Waals surface area contributed by atoms with Crippen LogP contribution in [0.2, 0.25) is 0 Å². The number of amides is 1. The van der Waals surface area contributed by atoms with E-state index in [2.05, 4.69) is 35.1 Å². The van der Waals surface area contributed by atoms with Gasteiger partial charge in [-0.2, -0.15) is 0 Å². The maximum absolute atomic E-state index is 13.0. The Kier molecular flexibility index (Phi) is 6.29. The smallest absolute Gasteiger partial charge is 0.277 e. The molecule has 1 amide bonds. The molecule has 5 heterocycles. The second-order valence-corrected chi connectivity index (χ2v) is 11.4. The van der Waals surface area contributed by atoms with Gasteiger partial charge in [-0.25, -0.2) is 19.9 Å². The van der Waals surface area contributed by atoms with E-state index in [1.165, 1.54) is 11.3 Å². The molecule has 11 heteroatoms. The van der Waals surface area contributed by atoms with Crippen molar-refractivity contribution < 1.29 is 9.59 Å². The number of carbonyl (C=O) groups excluding carboxylic acids is 2. The number of rotatable bonds is 6. The minimum absolute atomic E-state index is 0.0691. The first-order valence-corrected chi connectivity index (χ1v) is 14.7. The summed E-state index contributed by atoms with van der Waals surface area (Å²) in [6.07, 6.45) is 3.52. The molecule has 0 atom stereocenters. The third-order valence-electron chi connectivity index (χ3n) is 7.13. The molecule has 4 aromatic heterocycles. The van der Waals surface area contributed by atoms with Gasteiger partial charge in [-0.05, 0) is 42.5 Å². The Balaban J connectivity index is 1.01. The topological polar surface area (TPSA) is 117 Å². The minimum Gasteiger partial charge on any atom is -0.355 e. The summed E-state index contributed by atoms with van der Waals surface area (Å²) in [6.45, 7) is 1.76. The van der Waals surface area contributed by atoms with Gasteiger partial charge in [-0.3, -0.25) is 14.9 Å². The largest absolute Gasteiger partial charge is 0.355 e. The van der Waals surface area contributed by atoms with Crippen LogP contribution in [0.15, 0.2) is 71.7 Å². The number of H-pyrrole nitrogens is 1. The monoisotopic (exact) mass is 565 g/mol. The highest BCUT2D eigenvalue weighted by Crippen LogP contribution is 2.35. The molecule has 1 saturated heterocycles. The van der Waals surface area contributed by atoms with Crippen LogP contribution in [0.25, 0.3) is 21.3 Å². The SMILES string of the molecule is O=C(c1ccccc1)c1ccc2nc(NC(=O)c3csc(C4CCN(c5ncnc6ccsc56)CC4)n3)[nH]c2c1. The molecule has 0 spiro atoms. The summed E-state index contributed by atoms with van der Waals surface area (Å²) in [6, 6.07) is 16.4. The zero-order chi connectivity index (χ0) is 27.1. The van der Waals surface area contributed by atoms with Gasteiger partial charge < -0.3 is 9.88 Å². The molecule has 198 valence electrons. The number of thiazole rings is 1. The van der Waals surface area contributed by atoms with Crippen LogP contribution in [0.5, 0.6) is 0 Å². The maximum atomic E-state index is 13.0. The number of fused-ring (bicyclic) bond motifs is 2. The van der Waals surface area contributed by atoms with Gasteiger partial charge in [0, 0.05) is 35.5 Å². The lowest BCUT2D eigenvalue weighted by atomic mass is 9.97. The van der Waals surface area contributed by atoms with Crippen LogP contribution < -0.4 is 10.2 Å². The second-order valence-electron chi connectivity index (χ2n) is 9.63. The average molecular weight is 566 g/mol. The van der Waals surface area contributed by atoms with Crippen molar-refractivity contribution in [1.82, 2.24) is 24.9 Å². The van der Waals surface area contributed by atoms with E-state index in [-0.39, 0.29) is 11.7 Å². The van der Waals surface area contributed by atoms with Crippen LogP contribution >= 0.6 is 22.7 Å². The molecular formula is C29H23N7O2S2. The molecule has 0 radical (unpaired) electrons. The average Bonchev–Trinajstić information content (AvgIpc) is 3.76. The number of ketones is 1. The molecule has 1 fully saturated rings. The van der Waals surface area contributed by atoms with Gasteiger partial charge in [0.1, 0.15) is 17.8 Å². The van der Waals surface area contributed by atoms with E-state index in [9.17, 15) is 9.59 Å². The Hall–Kier alpha value is -4.48. The molecule has 0 bridgehead atoms. The molecular weight excluding hydrogens is 543 g/mol. The van der Waals surface area contributed by atoms with Crippen LogP contribution in [-0.2, 0) is 0 Å². The number of hydrogen-bond donors (Lipinski definition) is 2. The third-order valence-corrected chi connectivity index (χ3v) is 9.04. The molecule has 9 nitrogen and oxygen atoms in total. The summed E-state index contributed by atoms with van der Waals surface area (Å²) in [5.74, 6) is 1.23. The highest BCUT2D eigenvalue weighted by atomic mass is 32.1. The molecule has 2 aromatic carbocycles. The Morgan fingerprint density at radius 1 is 0.925 bits per heavy atom. The zero-order valence-electron chi connectivity index (χ0n) is 21.2. The van der Waals surface area contributed by atoms with Crippen LogP contribution in [0.3, 0.4) is 0 Å². The van der Waals surface area contributed by atoms with Gasteiger partial charge in [-0.15, -0.1) is 22.7 Å². The molecule has 6 aromatic rings. The highest BCUT2D eigenvalue weighted by Gasteiger charge is 2.26. The van der Waals surface area contributed by atoms with Gasteiger partial charge >= 0.3 is 0 Å². The predicted molar refractivity (Wildman–Crippen MR) is 158 cm³/mol. The summed E-state index contributed by atoms with van der Waals surface area (Å²) in [7, 11) is 0. The summed E-state index contributed by atoms with van der Waals surface area (Å²) in [4.78, 5) is 49.2.